The van der Waals surface area contributed by atoms with Gasteiger partial charge in [-0.15, -0.1) is 10.2 Å². The minimum Gasteiger partial charge on any atom is -0.276 e. The lowest BCUT2D eigenvalue weighted by molar-refractivity contribution is 0.766. The molecule has 0 fully saturated rings. The Morgan fingerprint density at radius 2 is 2.09 bits per heavy atom. The topological polar surface area (TPSA) is 48.5 Å². The molecule has 0 N–H and O–H groups in total. The van der Waals surface area contributed by atoms with E-state index in [2.05, 4.69) is 58.1 Å². The van der Waals surface area contributed by atoms with E-state index in [9.17, 15) is 0 Å². The van der Waals surface area contributed by atoms with Crippen LogP contribution in [0.2, 0.25) is 0 Å². The van der Waals surface area contributed by atoms with E-state index in [-0.39, 0.29) is 0 Å². The Bertz CT molecular complexity index is 790. The van der Waals surface area contributed by atoms with Crippen LogP contribution in [0.5, 0.6) is 0 Å². The minimum atomic E-state index is 0.947. The first kappa shape index (κ1) is 15.8. The molecule has 0 saturated heterocycles. The molecule has 2 aromatic heterocycles. The molecule has 0 radical (unpaired) electrons. The molecule has 0 aliphatic rings. The predicted molar refractivity (Wildman–Crippen MR) is 93.1 cm³/mol. The van der Waals surface area contributed by atoms with Gasteiger partial charge >= 0.3 is 0 Å². The molecule has 3 rings (SSSR count). The van der Waals surface area contributed by atoms with Crippen molar-refractivity contribution in [3.63, 3.8) is 0 Å². The van der Waals surface area contributed by atoms with Crippen LogP contribution in [0.1, 0.15) is 23.1 Å². The lowest BCUT2D eigenvalue weighted by Crippen LogP contribution is -1.99. The van der Waals surface area contributed by atoms with Gasteiger partial charge in [-0.25, -0.2) is 0 Å². The van der Waals surface area contributed by atoms with Crippen molar-refractivity contribution in [2.24, 2.45) is 7.05 Å². The number of hydrogen-bond donors (Lipinski definition) is 0. The summed E-state index contributed by atoms with van der Waals surface area (Å²) in [5, 5.41) is 13.5. The molecule has 1 aromatic carbocycles. The van der Waals surface area contributed by atoms with Crippen LogP contribution in [-0.4, -0.2) is 30.3 Å². The molecule has 0 bridgehead atoms. The summed E-state index contributed by atoms with van der Waals surface area (Å²) in [6.07, 6.45) is 7.93. The van der Waals surface area contributed by atoms with E-state index in [0.29, 0.717) is 0 Å². The van der Waals surface area contributed by atoms with Gasteiger partial charge in [0.1, 0.15) is 6.33 Å². The molecule has 0 amide bonds. The standard InChI is InChI=1S/C17H21N5S/c1-13-6-7-16(14(2)9-13)22-12-18-20-17(22)23-8-4-5-15-10-19-21(3)11-15/h6-7,9-12H,4-5,8H2,1-3H3. The third kappa shape index (κ3) is 3.82. The van der Waals surface area contributed by atoms with Gasteiger partial charge in [-0.1, -0.05) is 29.5 Å². The third-order valence-corrected chi connectivity index (χ3v) is 4.76. The number of aromatic nitrogens is 5. The summed E-state index contributed by atoms with van der Waals surface area (Å²) < 4.78 is 3.92. The maximum Gasteiger partial charge on any atom is 0.195 e. The molecule has 6 heteroatoms. The van der Waals surface area contributed by atoms with E-state index in [1.54, 1.807) is 18.1 Å². The number of thioether (sulfide) groups is 1. The number of rotatable bonds is 6. The molecular weight excluding hydrogens is 306 g/mol. The van der Waals surface area contributed by atoms with Gasteiger partial charge in [0, 0.05) is 19.0 Å². The van der Waals surface area contributed by atoms with Crippen molar-refractivity contribution < 1.29 is 0 Å². The fraction of sp³-hybridized carbons (Fsp3) is 0.353. The minimum absolute atomic E-state index is 0.947. The monoisotopic (exact) mass is 327 g/mol. The zero-order chi connectivity index (χ0) is 16.2. The summed E-state index contributed by atoms with van der Waals surface area (Å²) in [5.41, 5.74) is 4.94. The Kier molecular flexibility index (Phi) is 4.81. The highest BCUT2D eigenvalue weighted by Crippen LogP contribution is 2.23. The number of aryl methyl sites for hydroxylation is 4. The summed E-state index contributed by atoms with van der Waals surface area (Å²) in [6.45, 7) is 4.23. The Morgan fingerprint density at radius 3 is 2.83 bits per heavy atom. The first-order chi connectivity index (χ1) is 11.1. The first-order valence-corrected chi connectivity index (χ1v) is 8.70. The summed E-state index contributed by atoms with van der Waals surface area (Å²) >= 11 is 1.75. The highest BCUT2D eigenvalue weighted by atomic mass is 32.2. The molecule has 0 aliphatic carbocycles. The maximum absolute atomic E-state index is 4.26. The maximum atomic E-state index is 4.26. The molecule has 3 aromatic rings. The number of nitrogens with zero attached hydrogens (tertiary/aromatic N) is 5. The second kappa shape index (κ2) is 7.00. The van der Waals surface area contributed by atoms with Crippen LogP contribution in [0, 0.1) is 13.8 Å². The highest BCUT2D eigenvalue weighted by Gasteiger charge is 2.09. The van der Waals surface area contributed by atoms with E-state index >= 15 is 0 Å². The lowest BCUT2D eigenvalue weighted by Gasteiger charge is -2.10. The van der Waals surface area contributed by atoms with Crippen LogP contribution < -0.4 is 0 Å². The summed E-state index contributed by atoms with van der Waals surface area (Å²) in [7, 11) is 1.95. The van der Waals surface area contributed by atoms with Crippen molar-refractivity contribution in [3.8, 4) is 5.69 Å². The van der Waals surface area contributed by atoms with Crippen molar-refractivity contribution in [2.45, 2.75) is 31.8 Å². The van der Waals surface area contributed by atoms with Crippen LogP contribution in [0.4, 0.5) is 0 Å². The fourth-order valence-electron chi connectivity index (χ4n) is 2.60. The molecule has 2 heterocycles. The molecule has 0 saturated carbocycles. The normalized spacial score (nSPS) is 11.1. The third-order valence-electron chi connectivity index (χ3n) is 3.73. The number of benzene rings is 1. The average Bonchev–Trinajstić information content (AvgIpc) is 3.13. The molecule has 0 spiro atoms. The van der Waals surface area contributed by atoms with E-state index < -0.39 is 0 Å². The van der Waals surface area contributed by atoms with Crippen molar-refractivity contribution >= 4 is 11.8 Å². The zero-order valence-corrected chi connectivity index (χ0v) is 14.5. The van der Waals surface area contributed by atoms with Gasteiger partial charge in [0.15, 0.2) is 5.16 Å². The van der Waals surface area contributed by atoms with Crippen LogP contribution in [0.3, 0.4) is 0 Å². The summed E-state index contributed by atoms with van der Waals surface area (Å²) in [5.74, 6) is 1.01. The van der Waals surface area contributed by atoms with E-state index in [1.165, 1.54) is 16.7 Å². The Labute approximate surface area is 140 Å². The van der Waals surface area contributed by atoms with Gasteiger partial charge in [-0.3, -0.25) is 9.25 Å². The van der Waals surface area contributed by atoms with Gasteiger partial charge in [0.25, 0.3) is 0 Å². The van der Waals surface area contributed by atoms with Crippen LogP contribution in [0.15, 0.2) is 42.1 Å². The molecule has 0 unspecified atom stereocenters. The van der Waals surface area contributed by atoms with Crippen molar-refractivity contribution in [1.82, 2.24) is 24.5 Å². The number of hydrogen-bond acceptors (Lipinski definition) is 4. The lowest BCUT2D eigenvalue weighted by atomic mass is 10.1. The van der Waals surface area contributed by atoms with Crippen molar-refractivity contribution in [2.75, 3.05) is 5.75 Å². The van der Waals surface area contributed by atoms with Gasteiger partial charge in [0.05, 0.1) is 11.9 Å². The van der Waals surface area contributed by atoms with Gasteiger partial charge in [-0.2, -0.15) is 5.10 Å². The van der Waals surface area contributed by atoms with E-state index in [1.807, 2.05) is 17.9 Å². The van der Waals surface area contributed by atoms with Crippen LogP contribution in [0.25, 0.3) is 5.69 Å². The second-order valence-electron chi connectivity index (χ2n) is 5.75. The first-order valence-electron chi connectivity index (χ1n) is 7.71. The zero-order valence-electron chi connectivity index (χ0n) is 13.7. The van der Waals surface area contributed by atoms with Gasteiger partial charge in [-0.05, 0) is 43.9 Å². The Balaban J connectivity index is 1.62. The molecule has 5 nitrogen and oxygen atoms in total. The molecule has 0 atom stereocenters. The summed E-state index contributed by atoms with van der Waals surface area (Å²) in [6, 6.07) is 6.44. The SMILES string of the molecule is Cc1ccc(-n2cnnc2SCCCc2cnn(C)c2)c(C)c1. The summed E-state index contributed by atoms with van der Waals surface area (Å²) in [4.78, 5) is 0. The van der Waals surface area contributed by atoms with Crippen LogP contribution >= 0.6 is 11.8 Å². The van der Waals surface area contributed by atoms with Crippen LogP contribution in [-0.2, 0) is 13.5 Å². The predicted octanol–water partition coefficient (Wildman–Crippen LogP) is 3.34. The van der Waals surface area contributed by atoms with E-state index in [4.69, 9.17) is 0 Å². The molecule has 23 heavy (non-hydrogen) atoms. The van der Waals surface area contributed by atoms with Crippen molar-refractivity contribution in [3.05, 3.63) is 53.6 Å². The second-order valence-corrected chi connectivity index (χ2v) is 6.81. The molecule has 0 aliphatic heterocycles. The van der Waals surface area contributed by atoms with Gasteiger partial charge in [0.2, 0.25) is 0 Å². The Hall–Kier alpha value is -2.08. The molecule has 120 valence electrons. The van der Waals surface area contributed by atoms with Crippen molar-refractivity contribution in [1.29, 1.82) is 0 Å². The average molecular weight is 327 g/mol. The molecular formula is C17H21N5S. The fourth-order valence-corrected chi connectivity index (χ4v) is 3.47. The smallest absolute Gasteiger partial charge is 0.195 e. The Morgan fingerprint density at radius 1 is 1.22 bits per heavy atom. The quantitative estimate of drug-likeness (QED) is 0.515. The largest absolute Gasteiger partial charge is 0.276 e. The van der Waals surface area contributed by atoms with Gasteiger partial charge < -0.3 is 0 Å². The highest BCUT2D eigenvalue weighted by molar-refractivity contribution is 7.99. The van der Waals surface area contributed by atoms with E-state index in [0.717, 1.165) is 29.4 Å².